The molecule has 330 valence electrons. The van der Waals surface area contributed by atoms with Crippen molar-refractivity contribution in [2.45, 2.75) is 166 Å². The predicted octanol–water partition coefficient (Wildman–Crippen LogP) is 3.91. The first-order chi connectivity index (χ1) is 28.6. The number of carbonyl (C=O) groups excluding carboxylic acids is 6. The number of allylic oxidation sites excluding steroid dienone is 3. The summed E-state index contributed by atoms with van der Waals surface area (Å²) >= 11 is 0. The van der Waals surface area contributed by atoms with Gasteiger partial charge in [0.15, 0.2) is 0 Å². The number of rotatable bonds is 18. The van der Waals surface area contributed by atoms with Crippen molar-refractivity contribution in [1.29, 1.82) is 0 Å². The first-order valence-electron chi connectivity index (χ1n) is 21.5. The Morgan fingerprint density at radius 2 is 1.72 bits per heavy atom. The number of epoxide rings is 1. The summed E-state index contributed by atoms with van der Waals surface area (Å²) < 4.78 is 23.4. The third kappa shape index (κ3) is 14.1. The van der Waals surface area contributed by atoms with Crippen molar-refractivity contribution in [3.05, 3.63) is 59.9 Å². The minimum absolute atomic E-state index is 0.0215. The molecular weight excluding hydrogens is 773 g/mol. The van der Waals surface area contributed by atoms with Gasteiger partial charge >= 0.3 is 5.97 Å². The van der Waals surface area contributed by atoms with E-state index in [-0.39, 0.29) is 66.2 Å². The molecule has 0 bridgehead atoms. The van der Waals surface area contributed by atoms with E-state index in [1.54, 1.807) is 19.2 Å². The zero-order chi connectivity index (χ0) is 43.4. The van der Waals surface area contributed by atoms with Gasteiger partial charge in [0.1, 0.15) is 23.9 Å². The van der Waals surface area contributed by atoms with Crippen LogP contribution in [0, 0.1) is 5.92 Å². The zero-order valence-electron chi connectivity index (χ0n) is 35.7. The van der Waals surface area contributed by atoms with E-state index in [4.69, 9.17) is 18.9 Å². The molecule has 15 heteroatoms. The van der Waals surface area contributed by atoms with Gasteiger partial charge in [0, 0.05) is 56.8 Å². The van der Waals surface area contributed by atoms with Crippen molar-refractivity contribution >= 4 is 35.5 Å². The van der Waals surface area contributed by atoms with Crippen LogP contribution in [0.3, 0.4) is 0 Å². The van der Waals surface area contributed by atoms with Gasteiger partial charge in [0.05, 0.1) is 37.4 Å². The van der Waals surface area contributed by atoms with Gasteiger partial charge in [0.25, 0.3) is 11.8 Å². The highest BCUT2D eigenvalue weighted by atomic mass is 16.6. The van der Waals surface area contributed by atoms with Gasteiger partial charge in [-0.1, -0.05) is 42.7 Å². The Morgan fingerprint density at radius 1 is 1.00 bits per heavy atom. The first kappa shape index (κ1) is 46.6. The maximum atomic E-state index is 13.2. The normalized spacial score (nSPS) is 31.1. The molecule has 4 fully saturated rings. The van der Waals surface area contributed by atoms with Crippen LogP contribution in [-0.4, -0.2) is 113 Å². The maximum Gasteiger partial charge on any atom is 0.303 e. The van der Waals surface area contributed by atoms with E-state index >= 15 is 0 Å². The van der Waals surface area contributed by atoms with Crippen LogP contribution in [0.15, 0.2) is 59.9 Å². The van der Waals surface area contributed by atoms with E-state index in [9.17, 15) is 33.9 Å². The van der Waals surface area contributed by atoms with Crippen LogP contribution in [0.2, 0.25) is 0 Å². The summed E-state index contributed by atoms with van der Waals surface area (Å²) in [5, 5.41) is 20.2. The Bertz CT molecular complexity index is 1700. The molecule has 3 saturated heterocycles. The van der Waals surface area contributed by atoms with E-state index in [0.717, 1.165) is 49.7 Å². The second kappa shape index (κ2) is 21.9. The Balaban J connectivity index is 0.992. The summed E-state index contributed by atoms with van der Waals surface area (Å²) in [7, 11) is 0. The van der Waals surface area contributed by atoms with E-state index in [0.29, 0.717) is 45.3 Å². The lowest BCUT2D eigenvalue weighted by Gasteiger charge is -2.39. The monoisotopic (exact) mass is 836 g/mol. The molecule has 0 radical (unpaired) electrons. The topological polar surface area (TPSA) is 202 Å². The fourth-order valence-corrected chi connectivity index (χ4v) is 8.30. The van der Waals surface area contributed by atoms with Crippen LogP contribution in [0.25, 0.3) is 0 Å². The molecule has 1 saturated carbocycles. The van der Waals surface area contributed by atoms with Gasteiger partial charge < -0.3 is 40.0 Å². The standard InChI is InChI=1S/C45H64N4O11/c1-28(10-17-37-29(2)23-36(31(4)59-37)48-40(52)19-12-30(3)58-32(5)50)11-18-38-44(56)45(27-57-45)25-35(60-38)24-41(53)47-34-15-13-33(14-16-34)26-46-39(51)9-7-6-8-22-49-42(54)20-21-43(49)55/h10-12,18-21,26,29-31,34-38,44,56H,6-9,13-17,22-25,27H2,1-5H3,(H,46,51)(H,47,53)(H,48,52). The van der Waals surface area contributed by atoms with Gasteiger partial charge in [-0.25, -0.2) is 0 Å². The van der Waals surface area contributed by atoms with Crippen molar-refractivity contribution in [3.63, 3.8) is 0 Å². The van der Waals surface area contributed by atoms with Gasteiger partial charge in [-0.3, -0.25) is 33.7 Å². The number of ether oxygens (including phenoxy) is 4. The highest BCUT2D eigenvalue weighted by molar-refractivity contribution is 6.12. The molecule has 9 unspecified atom stereocenters. The second-order valence-corrected chi connectivity index (χ2v) is 17.0. The number of imide groups is 1. The molecule has 60 heavy (non-hydrogen) atoms. The minimum atomic E-state index is -0.851. The molecular formula is C45H64N4O11. The third-order valence-electron chi connectivity index (χ3n) is 12.0. The van der Waals surface area contributed by atoms with Crippen molar-refractivity contribution in [2.24, 2.45) is 5.92 Å². The number of nitrogens with zero attached hydrogens (tertiary/aromatic N) is 1. The van der Waals surface area contributed by atoms with Gasteiger partial charge in [-0.2, -0.15) is 0 Å². The SMILES string of the molecule is CC(=O)OC(C)C=CC(=O)NC1CC(C)C(CC=C(C)C=CC2OC(CC(=O)NC3CCC(=CNC(=O)CCCCCN4C(=O)C=CC4=O)CC3)CC3(CO3)C2O)OC1C. The molecule has 5 rings (SSSR count). The summed E-state index contributed by atoms with van der Waals surface area (Å²) in [6, 6.07) is -0.130. The molecule has 0 aromatic heterocycles. The average molecular weight is 837 g/mol. The molecule has 1 aliphatic carbocycles. The van der Waals surface area contributed by atoms with E-state index in [1.165, 1.54) is 30.1 Å². The fourth-order valence-electron chi connectivity index (χ4n) is 8.30. The first-order valence-corrected chi connectivity index (χ1v) is 21.5. The number of hydrogen-bond donors (Lipinski definition) is 4. The minimum Gasteiger partial charge on any atom is -0.459 e. The summed E-state index contributed by atoms with van der Waals surface area (Å²) in [5.41, 5.74) is 1.40. The highest BCUT2D eigenvalue weighted by Crippen LogP contribution is 2.43. The van der Waals surface area contributed by atoms with Crippen molar-refractivity contribution < 1.29 is 52.8 Å². The van der Waals surface area contributed by atoms with Crippen LogP contribution >= 0.6 is 0 Å². The second-order valence-electron chi connectivity index (χ2n) is 17.0. The Hall–Kier alpha value is -4.44. The van der Waals surface area contributed by atoms with Crippen LogP contribution < -0.4 is 16.0 Å². The summed E-state index contributed by atoms with van der Waals surface area (Å²) in [4.78, 5) is 73.6. The summed E-state index contributed by atoms with van der Waals surface area (Å²) in [5.74, 6) is -1.23. The quantitative estimate of drug-likeness (QED) is 0.0390. The lowest BCUT2D eigenvalue weighted by molar-refractivity contribution is -0.146. The zero-order valence-corrected chi connectivity index (χ0v) is 35.7. The largest absolute Gasteiger partial charge is 0.459 e. The van der Waals surface area contributed by atoms with Crippen LogP contribution in [0.4, 0.5) is 0 Å². The van der Waals surface area contributed by atoms with Gasteiger partial charge in [0.2, 0.25) is 17.7 Å². The molecule has 0 aromatic carbocycles. The summed E-state index contributed by atoms with van der Waals surface area (Å²) in [6.45, 7) is 9.84. The molecule has 4 N–H and O–H groups in total. The van der Waals surface area contributed by atoms with Crippen molar-refractivity contribution in [3.8, 4) is 0 Å². The lowest BCUT2D eigenvalue weighted by Crippen LogP contribution is -2.51. The smallest absolute Gasteiger partial charge is 0.303 e. The van der Waals surface area contributed by atoms with Crippen molar-refractivity contribution in [1.82, 2.24) is 20.9 Å². The summed E-state index contributed by atoms with van der Waals surface area (Å²) in [6.07, 6.45) is 18.0. The molecule has 4 aliphatic heterocycles. The Morgan fingerprint density at radius 3 is 2.40 bits per heavy atom. The van der Waals surface area contributed by atoms with E-state index in [1.807, 2.05) is 26.0 Å². The molecule has 5 aliphatic rings. The number of carbonyl (C=O) groups is 6. The number of aliphatic hydroxyl groups excluding tert-OH is 1. The number of aliphatic hydroxyl groups is 1. The fraction of sp³-hybridized carbons (Fsp3) is 0.644. The van der Waals surface area contributed by atoms with E-state index < -0.39 is 36.0 Å². The maximum absolute atomic E-state index is 13.2. The molecule has 1 spiro atoms. The lowest BCUT2D eigenvalue weighted by atomic mass is 9.87. The van der Waals surface area contributed by atoms with Crippen LogP contribution in [0.1, 0.15) is 112 Å². The van der Waals surface area contributed by atoms with Crippen LogP contribution in [-0.2, 0) is 47.7 Å². The molecule has 4 heterocycles. The average Bonchev–Trinajstić information content (AvgIpc) is 3.90. The number of unbranched alkanes of at least 4 members (excludes halogenated alkanes) is 2. The number of esters is 1. The van der Waals surface area contributed by atoms with E-state index in [2.05, 4.69) is 29.0 Å². The molecule has 0 aromatic rings. The predicted molar refractivity (Wildman–Crippen MR) is 221 cm³/mol. The highest BCUT2D eigenvalue weighted by Gasteiger charge is 2.58. The third-order valence-corrected chi connectivity index (χ3v) is 12.0. The Labute approximate surface area is 353 Å². The van der Waals surface area contributed by atoms with Gasteiger partial charge in [-0.05, 0) is 84.1 Å². The molecule has 5 amide bonds. The van der Waals surface area contributed by atoms with Crippen molar-refractivity contribution in [2.75, 3.05) is 13.2 Å². The van der Waals surface area contributed by atoms with Crippen LogP contribution in [0.5, 0.6) is 0 Å². The molecule has 9 atom stereocenters. The number of amides is 5. The van der Waals surface area contributed by atoms with Gasteiger partial charge in [-0.15, -0.1) is 0 Å². The number of nitrogens with one attached hydrogen (secondary N) is 3. The number of hydrogen-bond acceptors (Lipinski definition) is 11. The molecule has 15 nitrogen and oxygen atoms in total. The Kier molecular flexibility index (Phi) is 17.0.